The van der Waals surface area contributed by atoms with E-state index in [0.717, 1.165) is 42.9 Å². The second-order valence-corrected chi connectivity index (χ2v) is 16.3. The van der Waals surface area contributed by atoms with Crippen molar-refractivity contribution in [3.63, 3.8) is 0 Å². The van der Waals surface area contributed by atoms with Crippen LogP contribution in [0.1, 0.15) is 91.9 Å². The lowest BCUT2D eigenvalue weighted by atomic mass is 9.52. The Hall–Kier alpha value is -0.430. The Balaban J connectivity index is 1.23. The normalized spacial score (nSPS) is 51.4. The van der Waals surface area contributed by atoms with Gasteiger partial charge in [-0.1, -0.05) is 31.9 Å². The van der Waals surface area contributed by atoms with E-state index < -0.39 is 10.0 Å². The van der Waals surface area contributed by atoms with Gasteiger partial charge in [0.25, 0.3) is 0 Å². The van der Waals surface area contributed by atoms with Crippen LogP contribution in [-0.4, -0.2) is 57.0 Å². The fourth-order valence-electron chi connectivity index (χ4n) is 10.8. The smallest absolute Gasteiger partial charge is 0.208 e. The molecule has 4 aliphatic carbocycles. The molecule has 11 atom stereocenters. The molecule has 36 heavy (non-hydrogen) atoms. The number of piperidine rings is 1. The Kier molecular flexibility index (Phi) is 6.31. The first-order valence-corrected chi connectivity index (χ1v) is 16.8. The van der Waals surface area contributed by atoms with Crippen molar-refractivity contribution in [2.75, 3.05) is 19.8 Å². The van der Waals surface area contributed by atoms with Crippen molar-refractivity contribution in [2.24, 2.45) is 40.9 Å². The molecular formula is C30H50N2O3S. The molecule has 5 nitrogen and oxygen atoms in total. The van der Waals surface area contributed by atoms with E-state index in [2.05, 4.69) is 44.4 Å². The van der Waals surface area contributed by atoms with Crippen molar-refractivity contribution in [3.05, 3.63) is 11.1 Å². The molecule has 2 unspecified atom stereocenters. The maximum atomic E-state index is 11.9. The van der Waals surface area contributed by atoms with Crippen LogP contribution in [-0.2, 0) is 14.8 Å². The maximum absolute atomic E-state index is 11.9. The third-order valence-corrected chi connectivity index (χ3v) is 13.1. The average molecular weight is 519 g/mol. The number of ether oxygens (including phenoxy) is 1. The van der Waals surface area contributed by atoms with E-state index in [0.29, 0.717) is 29.4 Å². The molecule has 2 saturated heterocycles. The molecule has 2 heterocycles. The Morgan fingerprint density at radius 1 is 1.08 bits per heavy atom. The zero-order valence-corrected chi connectivity index (χ0v) is 24.4. The molecule has 0 bridgehead atoms. The molecule has 6 aliphatic rings. The summed E-state index contributed by atoms with van der Waals surface area (Å²) in [5.74, 6) is 4.30. The van der Waals surface area contributed by atoms with Gasteiger partial charge in [0.15, 0.2) is 0 Å². The van der Waals surface area contributed by atoms with Gasteiger partial charge >= 0.3 is 0 Å². The monoisotopic (exact) mass is 518 g/mol. The number of hydrogen-bond acceptors (Lipinski definition) is 4. The predicted molar refractivity (Wildman–Crippen MR) is 145 cm³/mol. The summed E-state index contributed by atoms with van der Waals surface area (Å²) in [6, 6.07) is 0.711. The lowest BCUT2D eigenvalue weighted by Gasteiger charge is -2.54. The van der Waals surface area contributed by atoms with Gasteiger partial charge in [0.05, 0.1) is 18.0 Å². The van der Waals surface area contributed by atoms with E-state index >= 15 is 0 Å². The third kappa shape index (κ3) is 4.07. The average Bonchev–Trinajstić information content (AvgIpc) is 3.23. The van der Waals surface area contributed by atoms with Crippen LogP contribution in [0, 0.1) is 40.9 Å². The second-order valence-electron chi connectivity index (χ2n) is 14.5. The first kappa shape index (κ1) is 25.8. The van der Waals surface area contributed by atoms with Crippen LogP contribution in [0.25, 0.3) is 0 Å². The van der Waals surface area contributed by atoms with Crippen LogP contribution in [0.5, 0.6) is 0 Å². The predicted octanol–water partition coefficient (Wildman–Crippen LogP) is 5.37. The minimum atomic E-state index is -3.13. The van der Waals surface area contributed by atoms with Gasteiger partial charge in [-0.05, 0) is 113 Å². The highest BCUT2D eigenvalue weighted by Crippen LogP contribution is 2.65. The molecule has 0 radical (unpaired) electrons. The zero-order valence-electron chi connectivity index (χ0n) is 23.6. The lowest BCUT2D eigenvalue weighted by Crippen LogP contribution is -2.50. The molecule has 0 aromatic rings. The minimum Gasteiger partial charge on any atom is -0.369 e. The summed E-state index contributed by atoms with van der Waals surface area (Å²) in [6.07, 6.45) is 13.7. The van der Waals surface area contributed by atoms with Gasteiger partial charge in [0, 0.05) is 24.5 Å². The van der Waals surface area contributed by atoms with E-state index in [-0.39, 0.29) is 11.6 Å². The van der Waals surface area contributed by atoms with Crippen molar-refractivity contribution in [2.45, 2.75) is 116 Å². The van der Waals surface area contributed by atoms with E-state index in [9.17, 15) is 8.42 Å². The fraction of sp³-hybridized carbons (Fsp3) is 0.933. The quantitative estimate of drug-likeness (QED) is 0.499. The number of sulfonamides is 1. The second kappa shape index (κ2) is 8.79. The molecular weight excluding hydrogens is 468 g/mol. The molecule has 5 fully saturated rings. The molecule has 0 aromatic carbocycles. The topological polar surface area (TPSA) is 58.6 Å². The van der Waals surface area contributed by atoms with Crippen molar-refractivity contribution >= 4 is 10.0 Å². The highest BCUT2D eigenvalue weighted by Gasteiger charge is 2.60. The van der Waals surface area contributed by atoms with Gasteiger partial charge in [-0.2, -0.15) is 0 Å². The highest BCUT2D eigenvalue weighted by molar-refractivity contribution is 7.88. The lowest BCUT2D eigenvalue weighted by molar-refractivity contribution is -0.0796. The van der Waals surface area contributed by atoms with Crippen molar-refractivity contribution in [1.29, 1.82) is 0 Å². The molecule has 204 valence electrons. The van der Waals surface area contributed by atoms with E-state index in [1.807, 2.05) is 0 Å². The van der Waals surface area contributed by atoms with Gasteiger partial charge in [-0.25, -0.2) is 13.1 Å². The van der Waals surface area contributed by atoms with Gasteiger partial charge in [-0.15, -0.1) is 0 Å². The number of nitrogens with one attached hydrogen (secondary N) is 1. The summed E-state index contributed by atoms with van der Waals surface area (Å²) in [5, 5.41) is 0. The first-order valence-electron chi connectivity index (χ1n) is 14.9. The van der Waals surface area contributed by atoms with E-state index in [1.54, 1.807) is 11.1 Å². The number of hydrogen-bond donors (Lipinski definition) is 1. The fourth-order valence-corrected chi connectivity index (χ4v) is 11.6. The van der Waals surface area contributed by atoms with Crippen molar-refractivity contribution in [3.8, 4) is 0 Å². The summed E-state index contributed by atoms with van der Waals surface area (Å²) in [7, 11) is -0.804. The molecule has 0 aromatic heterocycles. The zero-order chi connectivity index (χ0) is 25.6. The molecule has 2 aliphatic heterocycles. The van der Waals surface area contributed by atoms with Crippen molar-refractivity contribution in [1.82, 2.24) is 9.62 Å². The van der Waals surface area contributed by atoms with Gasteiger partial charge in [0.2, 0.25) is 10.0 Å². The van der Waals surface area contributed by atoms with Crippen molar-refractivity contribution < 1.29 is 13.2 Å². The SMILES string of the molecule is CC1=C2CC3[C@@H](CC[C@@H]4C[C@H](NS(C)(=O)=O)CC[C@]34C)C2CC[C@@]2(C1)O[C@@H]1C[C@H](C)CN(C)[C@H]1[C@H]2C. The molecule has 0 amide bonds. The number of fused-ring (bicyclic) bond motifs is 6. The summed E-state index contributed by atoms with van der Waals surface area (Å²) in [5.41, 5.74) is 3.84. The molecule has 6 heteroatoms. The standard InChI is InChI=1S/C30H50N2O3S/c1-18-13-27-28(32(5)17-18)20(3)30(35-27)12-10-23-24-8-7-21-14-22(31-36(6,33)34)9-11-29(21,4)26(24)15-25(23)19(2)16-30/h18,20-24,26-28,31H,7-17H2,1-6H3/t18-,20+,21+,22+,23?,24-,26?,27+,28-,29-,30-/m0/s1. The maximum Gasteiger partial charge on any atom is 0.208 e. The summed E-state index contributed by atoms with van der Waals surface area (Å²) in [6.45, 7) is 11.1. The molecule has 6 rings (SSSR count). The third-order valence-electron chi connectivity index (χ3n) is 12.4. The summed E-state index contributed by atoms with van der Waals surface area (Å²) >= 11 is 0. The highest BCUT2D eigenvalue weighted by atomic mass is 32.2. The van der Waals surface area contributed by atoms with Crippen LogP contribution >= 0.6 is 0 Å². The Bertz CT molecular complexity index is 1030. The van der Waals surface area contributed by atoms with E-state index in [1.165, 1.54) is 57.7 Å². The van der Waals surface area contributed by atoms with Gasteiger partial charge in [-0.3, -0.25) is 0 Å². The van der Waals surface area contributed by atoms with Crippen LogP contribution in [0.3, 0.4) is 0 Å². The molecule has 3 saturated carbocycles. The first-order chi connectivity index (χ1) is 16.9. The molecule has 1 spiro atoms. The van der Waals surface area contributed by atoms with Crippen LogP contribution in [0.2, 0.25) is 0 Å². The summed E-state index contributed by atoms with van der Waals surface area (Å²) < 4.78 is 33.8. The minimum absolute atomic E-state index is 0.0288. The van der Waals surface area contributed by atoms with Crippen LogP contribution in [0.4, 0.5) is 0 Å². The largest absolute Gasteiger partial charge is 0.369 e. The van der Waals surface area contributed by atoms with Gasteiger partial charge < -0.3 is 9.64 Å². The number of likely N-dealkylation sites (tertiary alicyclic amines) is 1. The number of rotatable bonds is 2. The number of allylic oxidation sites excluding steroid dienone is 1. The number of nitrogens with zero attached hydrogens (tertiary/aromatic N) is 1. The number of likely N-dealkylation sites (N-methyl/N-ethyl adjacent to an activating group) is 1. The Morgan fingerprint density at radius 3 is 2.61 bits per heavy atom. The molecule has 1 N–H and O–H groups in total. The van der Waals surface area contributed by atoms with Gasteiger partial charge in [0.1, 0.15) is 0 Å². The Morgan fingerprint density at radius 2 is 1.86 bits per heavy atom. The van der Waals surface area contributed by atoms with Crippen LogP contribution in [0.15, 0.2) is 11.1 Å². The summed E-state index contributed by atoms with van der Waals surface area (Å²) in [4.78, 5) is 2.61. The van der Waals surface area contributed by atoms with Crippen LogP contribution < -0.4 is 4.72 Å². The Labute approximate surface area is 220 Å². The van der Waals surface area contributed by atoms with E-state index in [4.69, 9.17) is 4.74 Å².